The van der Waals surface area contributed by atoms with Gasteiger partial charge in [-0.15, -0.1) is 0 Å². The van der Waals surface area contributed by atoms with Gasteiger partial charge in [0.2, 0.25) is 11.3 Å². The van der Waals surface area contributed by atoms with Crippen molar-refractivity contribution in [3.63, 3.8) is 0 Å². The highest BCUT2D eigenvalue weighted by Gasteiger charge is 2.21. The van der Waals surface area contributed by atoms with Crippen molar-refractivity contribution in [3.05, 3.63) is 40.7 Å². The molecule has 0 atom stereocenters. The third kappa shape index (κ3) is 2.69. The Morgan fingerprint density at radius 2 is 1.86 bits per heavy atom. The summed E-state index contributed by atoms with van der Waals surface area (Å²) in [6.45, 7) is 1.01. The molecule has 1 amide bonds. The summed E-state index contributed by atoms with van der Waals surface area (Å²) in [6.07, 6.45) is 2.07. The molecule has 2 aromatic rings. The van der Waals surface area contributed by atoms with Crippen LogP contribution in [0, 0.1) is 0 Å². The maximum Gasteiger partial charge on any atom is 0.244 e. The Kier molecular flexibility index (Phi) is 3.51. The molecule has 0 aliphatic carbocycles. The number of likely N-dealkylation sites (tertiary alicyclic amines) is 1. The summed E-state index contributed by atoms with van der Waals surface area (Å²) < 4.78 is 1.54. The Labute approximate surface area is 121 Å². The molecule has 0 saturated carbocycles. The monoisotopic (exact) mass is 285 g/mol. The fourth-order valence-electron chi connectivity index (χ4n) is 2.52. The minimum Gasteiger partial charge on any atom is -0.340 e. The van der Waals surface area contributed by atoms with Gasteiger partial charge in [-0.3, -0.25) is 19.1 Å². The smallest absolute Gasteiger partial charge is 0.244 e. The van der Waals surface area contributed by atoms with Crippen LogP contribution in [0.2, 0.25) is 0 Å². The molecule has 1 saturated heterocycles. The van der Waals surface area contributed by atoms with Crippen LogP contribution in [0.5, 0.6) is 0 Å². The van der Waals surface area contributed by atoms with Gasteiger partial charge in [0, 0.05) is 31.3 Å². The van der Waals surface area contributed by atoms with E-state index in [9.17, 15) is 14.4 Å². The number of carbonyl (C=O) groups is 2. The van der Waals surface area contributed by atoms with Gasteiger partial charge in [-0.2, -0.15) is 5.10 Å². The molecule has 6 heteroatoms. The molecular formula is C15H15N3O3. The minimum atomic E-state index is -0.155. The van der Waals surface area contributed by atoms with Gasteiger partial charge in [0.1, 0.15) is 12.3 Å². The highest BCUT2D eigenvalue weighted by molar-refractivity contribution is 5.84. The van der Waals surface area contributed by atoms with E-state index in [1.165, 1.54) is 10.9 Å². The van der Waals surface area contributed by atoms with Crippen LogP contribution in [0.25, 0.3) is 10.9 Å². The maximum atomic E-state index is 12.3. The van der Waals surface area contributed by atoms with Crippen LogP contribution in [-0.2, 0) is 16.1 Å². The average Bonchev–Trinajstić information content (AvgIpc) is 2.51. The van der Waals surface area contributed by atoms with Gasteiger partial charge in [0.25, 0.3) is 0 Å². The normalized spacial score (nSPS) is 15.4. The zero-order valence-corrected chi connectivity index (χ0v) is 11.5. The van der Waals surface area contributed by atoms with Crippen molar-refractivity contribution in [1.29, 1.82) is 0 Å². The van der Waals surface area contributed by atoms with Crippen LogP contribution in [0.1, 0.15) is 12.8 Å². The summed E-state index contributed by atoms with van der Waals surface area (Å²) in [4.78, 5) is 36.9. The Hall–Kier alpha value is -2.50. The van der Waals surface area contributed by atoms with E-state index in [2.05, 4.69) is 5.10 Å². The molecule has 0 spiro atoms. The number of amides is 1. The lowest BCUT2D eigenvalue weighted by Crippen LogP contribution is -2.40. The fraction of sp³-hybridized carbons (Fsp3) is 0.333. The van der Waals surface area contributed by atoms with Crippen LogP contribution in [0.15, 0.2) is 35.3 Å². The van der Waals surface area contributed by atoms with Crippen molar-refractivity contribution >= 4 is 22.6 Å². The number of piperidine rings is 1. The molecule has 0 radical (unpaired) electrons. The molecule has 0 N–H and O–H groups in total. The Morgan fingerprint density at radius 1 is 1.14 bits per heavy atom. The molecule has 108 valence electrons. The first-order valence-corrected chi connectivity index (χ1v) is 6.89. The third-order valence-electron chi connectivity index (χ3n) is 3.72. The highest BCUT2D eigenvalue weighted by atomic mass is 16.2. The Bertz CT molecular complexity index is 756. The molecule has 21 heavy (non-hydrogen) atoms. The summed E-state index contributed by atoms with van der Waals surface area (Å²) >= 11 is 0. The Balaban J connectivity index is 1.85. The van der Waals surface area contributed by atoms with E-state index in [0.29, 0.717) is 36.8 Å². The lowest BCUT2D eigenvalue weighted by atomic mass is 10.1. The Morgan fingerprint density at radius 3 is 2.62 bits per heavy atom. The zero-order valence-electron chi connectivity index (χ0n) is 11.5. The van der Waals surface area contributed by atoms with Crippen molar-refractivity contribution in [2.24, 2.45) is 0 Å². The minimum absolute atomic E-state index is 0.0784. The van der Waals surface area contributed by atoms with E-state index >= 15 is 0 Å². The van der Waals surface area contributed by atoms with Gasteiger partial charge in [0.15, 0.2) is 0 Å². The molecular weight excluding hydrogens is 270 g/mol. The summed E-state index contributed by atoms with van der Waals surface area (Å²) in [5.74, 6) is 0.120. The van der Waals surface area contributed by atoms with E-state index in [1.807, 2.05) is 6.07 Å². The van der Waals surface area contributed by atoms with Crippen LogP contribution in [0.4, 0.5) is 0 Å². The predicted octanol–water partition coefficient (Wildman–Crippen LogP) is 0.588. The fourth-order valence-corrected chi connectivity index (χ4v) is 2.52. The van der Waals surface area contributed by atoms with Crippen LogP contribution in [-0.4, -0.2) is 39.5 Å². The molecule has 0 bridgehead atoms. The molecule has 0 unspecified atom stereocenters. The van der Waals surface area contributed by atoms with E-state index in [0.717, 1.165) is 0 Å². The second-order valence-corrected chi connectivity index (χ2v) is 5.10. The van der Waals surface area contributed by atoms with Gasteiger partial charge < -0.3 is 4.90 Å². The van der Waals surface area contributed by atoms with Gasteiger partial charge in [0.05, 0.1) is 11.7 Å². The number of benzene rings is 1. The average molecular weight is 285 g/mol. The number of para-hydroxylation sites is 1. The summed E-state index contributed by atoms with van der Waals surface area (Å²) in [5.41, 5.74) is 0.490. The lowest BCUT2D eigenvalue weighted by Gasteiger charge is -2.26. The highest BCUT2D eigenvalue weighted by Crippen LogP contribution is 2.10. The first-order valence-electron chi connectivity index (χ1n) is 6.89. The number of carbonyl (C=O) groups excluding carboxylic acids is 2. The molecule has 1 aromatic heterocycles. The lowest BCUT2D eigenvalue weighted by molar-refractivity contribution is -0.135. The number of ketones is 1. The van der Waals surface area contributed by atoms with Crippen molar-refractivity contribution in [2.45, 2.75) is 19.4 Å². The molecule has 1 aliphatic rings. The first-order chi connectivity index (χ1) is 10.1. The summed E-state index contributed by atoms with van der Waals surface area (Å²) in [7, 11) is 0. The number of rotatable bonds is 2. The third-order valence-corrected chi connectivity index (χ3v) is 3.72. The number of hydrogen-bond donors (Lipinski definition) is 0. The number of hydrogen-bond acceptors (Lipinski definition) is 4. The standard InChI is InChI=1S/C15H15N3O3/c19-11-5-7-17(8-6-11)15(21)10-18-13-4-2-1-3-12(13)14(20)9-16-18/h1-4,9H,5-8,10H2. The summed E-state index contributed by atoms with van der Waals surface area (Å²) in [6, 6.07) is 7.09. The quantitative estimate of drug-likeness (QED) is 0.809. The summed E-state index contributed by atoms with van der Waals surface area (Å²) in [5, 5.41) is 4.60. The van der Waals surface area contributed by atoms with Crippen molar-refractivity contribution < 1.29 is 9.59 Å². The largest absolute Gasteiger partial charge is 0.340 e. The number of nitrogens with zero attached hydrogens (tertiary/aromatic N) is 3. The number of Topliss-reactive ketones (excluding diaryl/α,β-unsaturated/α-hetero) is 1. The van der Waals surface area contributed by atoms with E-state index in [-0.39, 0.29) is 23.7 Å². The SMILES string of the molecule is O=C1CCN(C(=O)Cn2ncc(=O)c3ccccc32)CC1. The molecule has 1 aliphatic heterocycles. The van der Waals surface area contributed by atoms with Gasteiger partial charge in [-0.05, 0) is 12.1 Å². The van der Waals surface area contributed by atoms with Crippen molar-refractivity contribution in [3.8, 4) is 0 Å². The molecule has 1 fully saturated rings. The van der Waals surface area contributed by atoms with E-state index in [4.69, 9.17) is 0 Å². The van der Waals surface area contributed by atoms with Crippen molar-refractivity contribution in [2.75, 3.05) is 13.1 Å². The van der Waals surface area contributed by atoms with Crippen molar-refractivity contribution in [1.82, 2.24) is 14.7 Å². The van der Waals surface area contributed by atoms with Gasteiger partial charge >= 0.3 is 0 Å². The van der Waals surface area contributed by atoms with E-state index < -0.39 is 0 Å². The van der Waals surface area contributed by atoms with Gasteiger partial charge in [-0.25, -0.2) is 0 Å². The maximum absolute atomic E-state index is 12.3. The van der Waals surface area contributed by atoms with Crippen LogP contribution >= 0.6 is 0 Å². The molecule has 3 rings (SSSR count). The molecule has 6 nitrogen and oxygen atoms in total. The predicted molar refractivity (Wildman–Crippen MR) is 76.8 cm³/mol. The topological polar surface area (TPSA) is 72.3 Å². The first kappa shape index (κ1) is 13.5. The number of aromatic nitrogens is 2. The van der Waals surface area contributed by atoms with Crippen LogP contribution < -0.4 is 5.43 Å². The van der Waals surface area contributed by atoms with Crippen LogP contribution in [0.3, 0.4) is 0 Å². The molecule has 2 heterocycles. The second kappa shape index (κ2) is 5.47. The number of fused-ring (bicyclic) bond motifs is 1. The van der Waals surface area contributed by atoms with Gasteiger partial charge in [-0.1, -0.05) is 12.1 Å². The zero-order chi connectivity index (χ0) is 14.8. The van der Waals surface area contributed by atoms with E-state index in [1.54, 1.807) is 23.1 Å². The molecule has 1 aromatic carbocycles. The second-order valence-electron chi connectivity index (χ2n) is 5.10.